The molecule has 1 aromatic heterocycles. The van der Waals surface area contributed by atoms with E-state index in [4.69, 9.17) is 5.73 Å². The van der Waals surface area contributed by atoms with E-state index in [1.807, 2.05) is 48.7 Å². The minimum absolute atomic E-state index is 0.118. The van der Waals surface area contributed by atoms with Gasteiger partial charge < -0.3 is 21.4 Å². The van der Waals surface area contributed by atoms with Crippen LogP contribution in [0.2, 0.25) is 0 Å². The predicted molar refractivity (Wildman–Crippen MR) is 109 cm³/mol. The molecule has 140 valence electrons. The molecule has 1 heterocycles. The molecular weight excluding hydrogens is 408 g/mol. The van der Waals surface area contributed by atoms with E-state index in [2.05, 4.69) is 37.6 Å². The van der Waals surface area contributed by atoms with Crippen molar-refractivity contribution in [2.45, 2.75) is 18.9 Å². The highest BCUT2D eigenvalue weighted by atomic mass is 79.9. The molecule has 7 heteroatoms. The van der Waals surface area contributed by atoms with Gasteiger partial charge in [-0.15, -0.1) is 0 Å². The quantitative estimate of drug-likeness (QED) is 0.463. The minimum Gasteiger partial charge on any atom is -0.361 e. The van der Waals surface area contributed by atoms with Crippen LogP contribution in [0, 0.1) is 0 Å². The van der Waals surface area contributed by atoms with Gasteiger partial charge in [0.25, 0.3) is 0 Å². The van der Waals surface area contributed by atoms with Crippen molar-refractivity contribution in [2.24, 2.45) is 5.73 Å². The standard InChI is InChI=1S/C20H21BrN4O2/c21-15-5-3-4-13(10-15)18(25-20(22)27)11-19(26)23-9-8-14-12-24-17-7-2-1-6-16(14)17/h1-7,10,12,18,24H,8-9,11H2,(H,23,26)(H3,22,25,27). The van der Waals surface area contributed by atoms with Crippen molar-refractivity contribution in [3.05, 3.63) is 70.3 Å². The normalized spacial score (nSPS) is 11.9. The molecule has 0 fully saturated rings. The molecule has 0 bridgehead atoms. The van der Waals surface area contributed by atoms with E-state index in [9.17, 15) is 9.59 Å². The second kappa shape index (κ2) is 8.73. The molecule has 0 aliphatic heterocycles. The monoisotopic (exact) mass is 428 g/mol. The second-order valence-corrected chi connectivity index (χ2v) is 7.20. The largest absolute Gasteiger partial charge is 0.361 e. The molecule has 27 heavy (non-hydrogen) atoms. The van der Waals surface area contributed by atoms with E-state index in [-0.39, 0.29) is 12.3 Å². The van der Waals surface area contributed by atoms with Gasteiger partial charge >= 0.3 is 6.03 Å². The van der Waals surface area contributed by atoms with Crippen molar-refractivity contribution in [3.8, 4) is 0 Å². The third kappa shape index (κ3) is 5.10. The Kier molecular flexibility index (Phi) is 6.13. The zero-order valence-electron chi connectivity index (χ0n) is 14.7. The van der Waals surface area contributed by atoms with E-state index in [0.29, 0.717) is 6.54 Å². The zero-order chi connectivity index (χ0) is 19.2. The molecule has 0 radical (unpaired) electrons. The summed E-state index contributed by atoms with van der Waals surface area (Å²) >= 11 is 3.40. The van der Waals surface area contributed by atoms with E-state index < -0.39 is 12.1 Å². The summed E-state index contributed by atoms with van der Waals surface area (Å²) in [5.41, 5.74) is 8.32. The van der Waals surface area contributed by atoms with Crippen LogP contribution in [0.25, 0.3) is 10.9 Å². The molecule has 1 atom stereocenters. The number of fused-ring (bicyclic) bond motifs is 1. The molecule has 6 nitrogen and oxygen atoms in total. The van der Waals surface area contributed by atoms with Crippen LogP contribution in [-0.4, -0.2) is 23.5 Å². The van der Waals surface area contributed by atoms with Gasteiger partial charge in [0.1, 0.15) is 0 Å². The molecule has 1 unspecified atom stereocenters. The van der Waals surface area contributed by atoms with E-state index in [0.717, 1.165) is 32.9 Å². The summed E-state index contributed by atoms with van der Waals surface area (Å²) in [6, 6.07) is 14.4. The maximum atomic E-state index is 12.4. The van der Waals surface area contributed by atoms with Crippen LogP contribution in [0.4, 0.5) is 4.79 Å². The van der Waals surface area contributed by atoms with Crippen LogP contribution in [0.3, 0.4) is 0 Å². The third-order valence-corrected chi connectivity index (χ3v) is 4.84. The van der Waals surface area contributed by atoms with E-state index in [1.165, 1.54) is 0 Å². The Labute approximate surface area is 165 Å². The number of primary amides is 1. The maximum absolute atomic E-state index is 12.4. The molecule has 0 saturated heterocycles. The number of nitrogens with one attached hydrogen (secondary N) is 3. The van der Waals surface area contributed by atoms with Crippen molar-refractivity contribution in [3.63, 3.8) is 0 Å². The van der Waals surface area contributed by atoms with Gasteiger partial charge in [0, 0.05) is 28.1 Å². The molecule has 0 aliphatic rings. The smallest absolute Gasteiger partial charge is 0.312 e. The lowest BCUT2D eigenvalue weighted by Gasteiger charge is -2.18. The average Bonchev–Trinajstić information content (AvgIpc) is 3.04. The molecule has 0 spiro atoms. The highest BCUT2D eigenvalue weighted by molar-refractivity contribution is 9.10. The number of aromatic nitrogens is 1. The summed E-state index contributed by atoms with van der Waals surface area (Å²) < 4.78 is 0.871. The summed E-state index contributed by atoms with van der Waals surface area (Å²) in [6.07, 6.45) is 2.81. The number of para-hydroxylation sites is 1. The van der Waals surface area contributed by atoms with Crippen molar-refractivity contribution in [1.29, 1.82) is 0 Å². The van der Waals surface area contributed by atoms with Gasteiger partial charge in [-0.2, -0.15) is 0 Å². The Morgan fingerprint density at radius 3 is 2.74 bits per heavy atom. The lowest BCUT2D eigenvalue weighted by atomic mass is 10.0. The number of aromatic amines is 1. The first-order chi connectivity index (χ1) is 13.0. The fourth-order valence-corrected chi connectivity index (χ4v) is 3.50. The third-order valence-electron chi connectivity index (χ3n) is 4.35. The molecule has 3 amide bonds. The van der Waals surface area contributed by atoms with Crippen LogP contribution >= 0.6 is 15.9 Å². The number of carbonyl (C=O) groups is 2. The number of carbonyl (C=O) groups excluding carboxylic acids is 2. The topological polar surface area (TPSA) is 100 Å². The van der Waals surface area contributed by atoms with E-state index >= 15 is 0 Å². The number of hydrogen-bond acceptors (Lipinski definition) is 2. The van der Waals surface area contributed by atoms with E-state index in [1.54, 1.807) is 0 Å². The van der Waals surface area contributed by atoms with Crippen LogP contribution in [-0.2, 0) is 11.2 Å². The molecule has 3 rings (SSSR count). The van der Waals surface area contributed by atoms with Gasteiger partial charge in [0.15, 0.2) is 0 Å². The Hall–Kier alpha value is -2.80. The second-order valence-electron chi connectivity index (χ2n) is 6.28. The maximum Gasteiger partial charge on any atom is 0.312 e. The predicted octanol–water partition coefficient (Wildman–Crippen LogP) is 3.39. The van der Waals surface area contributed by atoms with Crippen molar-refractivity contribution < 1.29 is 9.59 Å². The van der Waals surface area contributed by atoms with Crippen molar-refractivity contribution in [1.82, 2.24) is 15.6 Å². The summed E-state index contributed by atoms with van der Waals surface area (Å²) in [7, 11) is 0. The number of amides is 3. The summed E-state index contributed by atoms with van der Waals surface area (Å²) in [4.78, 5) is 26.9. The summed E-state index contributed by atoms with van der Waals surface area (Å²) in [5.74, 6) is -0.145. The highest BCUT2D eigenvalue weighted by Crippen LogP contribution is 2.21. The molecule has 0 saturated carbocycles. The first kappa shape index (κ1) is 19.0. The fourth-order valence-electron chi connectivity index (χ4n) is 3.08. The van der Waals surface area contributed by atoms with Gasteiger partial charge in [0.2, 0.25) is 5.91 Å². The SMILES string of the molecule is NC(=O)NC(CC(=O)NCCc1c[nH]c2ccccc12)c1cccc(Br)c1. The molecule has 3 aromatic rings. The Morgan fingerprint density at radius 1 is 1.15 bits per heavy atom. The number of benzene rings is 2. The van der Waals surface area contributed by atoms with Crippen LogP contribution in [0.1, 0.15) is 23.6 Å². The lowest BCUT2D eigenvalue weighted by Crippen LogP contribution is -2.37. The molecule has 0 aliphatic carbocycles. The van der Waals surface area contributed by atoms with Crippen LogP contribution in [0.5, 0.6) is 0 Å². The minimum atomic E-state index is -0.661. The fraction of sp³-hybridized carbons (Fsp3) is 0.200. The van der Waals surface area contributed by atoms with Crippen LogP contribution in [0.15, 0.2) is 59.2 Å². The molecular formula is C20H21BrN4O2. The Morgan fingerprint density at radius 2 is 1.96 bits per heavy atom. The summed E-state index contributed by atoms with van der Waals surface area (Å²) in [6.45, 7) is 0.516. The zero-order valence-corrected chi connectivity index (χ0v) is 16.3. The van der Waals surface area contributed by atoms with Gasteiger partial charge in [-0.1, -0.05) is 46.3 Å². The molecule has 5 N–H and O–H groups in total. The lowest BCUT2D eigenvalue weighted by molar-refractivity contribution is -0.121. The van der Waals surface area contributed by atoms with Crippen molar-refractivity contribution in [2.75, 3.05) is 6.54 Å². The van der Waals surface area contributed by atoms with Gasteiger partial charge in [-0.25, -0.2) is 4.79 Å². The number of halogens is 1. The average molecular weight is 429 g/mol. The Balaban J connectivity index is 1.58. The van der Waals surface area contributed by atoms with Gasteiger partial charge in [0.05, 0.1) is 12.5 Å². The van der Waals surface area contributed by atoms with Gasteiger partial charge in [-0.3, -0.25) is 4.79 Å². The van der Waals surface area contributed by atoms with Crippen molar-refractivity contribution >= 4 is 38.8 Å². The first-order valence-corrected chi connectivity index (χ1v) is 9.45. The highest BCUT2D eigenvalue weighted by Gasteiger charge is 2.17. The number of hydrogen-bond donors (Lipinski definition) is 4. The number of nitrogens with two attached hydrogens (primary N) is 1. The van der Waals surface area contributed by atoms with Crippen LogP contribution < -0.4 is 16.4 Å². The summed E-state index contributed by atoms with van der Waals surface area (Å²) in [5, 5.41) is 6.71. The number of H-pyrrole nitrogens is 1. The molecule has 2 aromatic carbocycles. The first-order valence-electron chi connectivity index (χ1n) is 8.66. The number of urea groups is 1. The Bertz CT molecular complexity index is 954. The number of rotatable bonds is 7. The van der Waals surface area contributed by atoms with Gasteiger partial charge in [-0.05, 0) is 35.7 Å².